The average molecular weight is 1070 g/mol. The molecule has 374 valence electrons. The van der Waals surface area contributed by atoms with Crippen LogP contribution in [0.1, 0.15) is 66.1 Å². The van der Waals surface area contributed by atoms with Crippen molar-refractivity contribution in [3.8, 4) is 23.0 Å². The van der Waals surface area contributed by atoms with Gasteiger partial charge in [0.1, 0.15) is 40.9 Å². The Balaban J connectivity index is 0.00000149. The smallest absolute Gasteiger partial charge is 0.346 e. The van der Waals surface area contributed by atoms with Crippen LogP contribution >= 0.6 is 11.6 Å². The van der Waals surface area contributed by atoms with Crippen molar-refractivity contribution in [2.75, 3.05) is 17.2 Å². The van der Waals surface area contributed by atoms with Crippen LogP contribution in [0.25, 0.3) is 22.0 Å². The first-order chi connectivity index (χ1) is 31.3. The zero-order chi connectivity index (χ0) is 51.8. The number of fused-ring (bicyclic) bond motifs is 4. The van der Waals surface area contributed by atoms with Crippen LogP contribution in [0.4, 0.5) is 49.7 Å². The number of alkyl halides is 8. The number of hydrogen-bond acceptors (Lipinski definition) is 10. The average Bonchev–Trinajstić information content (AvgIpc) is 3.68. The van der Waals surface area contributed by atoms with Crippen molar-refractivity contribution in [2.24, 2.45) is 5.92 Å². The third-order valence-electron chi connectivity index (χ3n) is 10.6. The highest BCUT2D eigenvalue weighted by Gasteiger charge is 2.68. The van der Waals surface area contributed by atoms with E-state index in [1.807, 2.05) is 4.72 Å². The van der Waals surface area contributed by atoms with Crippen molar-refractivity contribution in [1.82, 2.24) is 29.9 Å². The number of carbonyl (C=O) groups is 1. The molecular weight excluding hydrogens is 1030 g/mol. The topological polar surface area (TPSA) is 233 Å². The number of rotatable bonds is 11. The fourth-order valence-electron chi connectivity index (χ4n) is 7.52. The Morgan fingerprint density at radius 1 is 0.928 bits per heavy atom. The van der Waals surface area contributed by atoms with E-state index in [0.717, 1.165) is 24.5 Å². The minimum atomic E-state index is -5.19. The molecule has 3 atom stereocenters. The highest BCUT2D eigenvalue weighted by Crippen LogP contribution is 2.68. The van der Waals surface area contributed by atoms with E-state index in [-0.39, 0.29) is 49.6 Å². The van der Waals surface area contributed by atoms with Crippen LogP contribution in [0.3, 0.4) is 0 Å². The number of nitrogens with zero attached hydrogens (tertiary/aromatic N) is 5. The number of carbonyl (C=O) groups excluding carboxylic acids is 1. The number of amides is 1. The molecule has 0 aliphatic heterocycles. The van der Waals surface area contributed by atoms with Crippen LogP contribution in [-0.4, -0.2) is 88.2 Å². The Morgan fingerprint density at radius 2 is 1.52 bits per heavy atom. The first-order valence-electron chi connectivity index (χ1n) is 19.3. The molecule has 7 rings (SSSR count). The molecule has 4 N–H and O–H groups in total. The Hall–Kier alpha value is -5.54. The number of halogens is 11. The minimum absolute atomic E-state index is 0.195. The molecule has 2 aromatic carbocycles. The van der Waals surface area contributed by atoms with Gasteiger partial charge in [-0.3, -0.25) is 28.0 Å². The van der Waals surface area contributed by atoms with Gasteiger partial charge in [0.25, 0.3) is 5.92 Å². The van der Waals surface area contributed by atoms with Gasteiger partial charge in [0.2, 0.25) is 15.9 Å². The van der Waals surface area contributed by atoms with Crippen LogP contribution in [0, 0.1) is 29.4 Å². The monoisotopic (exact) mass is 1070 g/mol. The van der Waals surface area contributed by atoms with Crippen molar-refractivity contribution in [3.05, 3.63) is 93.0 Å². The van der Waals surface area contributed by atoms with Crippen molar-refractivity contribution < 1.29 is 83.1 Å². The summed E-state index contributed by atoms with van der Waals surface area (Å²) in [5.74, 6) is -5.43. The molecule has 0 saturated heterocycles. The number of pyridine rings is 1. The lowest BCUT2D eigenvalue weighted by Crippen LogP contribution is -2.35. The molecule has 1 amide bonds. The second-order valence-corrected chi connectivity index (χ2v) is 22.0. The van der Waals surface area contributed by atoms with E-state index in [1.54, 1.807) is 0 Å². The molecule has 1 fully saturated rings. The van der Waals surface area contributed by atoms with E-state index in [2.05, 4.69) is 32.3 Å². The van der Waals surface area contributed by atoms with E-state index in [1.165, 1.54) is 32.0 Å². The third kappa shape index (κ3) is 12.1. The van der Waals surface area contributed by atoms with E-state index in [4.69, 9.17) is 29.1 Å². The van der Waals surface area contributed by atoms with Crippen molar-refractivity contribution in [3.63, 3.8) is 0 Å². The number of nitrogens with one attached hydrogen (secondary N) is 2. The Morgan fingerprint density at radius 3 is 2.07 bits per heavy atom. The highest BCUT2D eigenvalue weighted by atomic mass is 35.5. The van der Waals surface area contributed by atoms with E-state index in [0.29, 0.717) is 17.0 Å². The molecule has 0 spiro atoms. The van der Waals surface area contributed by atoms with Crippen LogP contribution < -0.4 is 10.0 Å². The van der Waals surface area contributed by atoms with E-state index >= 15 is 8.78 Å². The molecule has 2 aliphatic carbocycles. The molecular formula is C39H34ClF10N7O9S3. The maximum absolute atomic E-state index is 15.5. The molecule has 0 radical (unpaired) electrons. The fraction of sp³-hybridized carbons (Fsp3) is 0.385. The summed E-state index contributed by atoms with van der Waals surface area (Å²) in [6.45, 7) is -0.547. The molecule has 30 heteroatoms. The molecule has 5 aromatic rings. The van der Waals surface area contributed by atoms with Crippen LogP contribution in [0.2, 0.25) is 5.02 Å². The van der Waals surface area contributed by atoms with Gasteiger partial charge in [0, 0.05) is 34.9 Å². The fourth-order valence-corrected chi connectivity index (χ4v) is 8.50. The summed E-state index contributed by atoms with van der Waals surface area (Å²) in [6, 6.07) is 5.24. The molecule has 3 aromatic heterocycles. The number of sulfone groups is 1. The summed E-state index contributed by atoms with van der Waals surface area (Å²) in [5, 5.41) is 9.01. The summed E-state index contributed by atoms with van der Waals surface area (Å²) in [4.78, 5) is 18.5. The molecule has 1 saturated carbocycles. The summed E-state index contributed by atoms with van der Waals surface area (Å²) < 4.78 is 227. The summed E-state index contributed by atoms with van der Waals surface area (Å²) in [6.07, 6.45) is -9.46. The van der Waals surface area contributed by atoms with Gasteiger partial charge in [-0.25, -0.2) is 30.6 Å². The molecule has 3 heterocycles. The van der Waals surface area contributed by atoms with Gasteiger partial charge in [-0.05, 0) is 74.4 Å². The van der Waals surface area contributed by atoms with Gasteiger partial charge < -0.3 is 5.32 Å². The maximum atomic E-state index is 15.5. The van der Waals surface area contributed by atoms with Gasteiger partial charge in [-0.15, -0.1) is 0 Å². The van der Waals surface area contributed by atoms with E-state index < -0.39 is 136 Å². The van der Waals surface area contributed by atoms with Crippen molar-refractivity contribution >= 4 is 64.5 Å². The van der Waals surface area contributed by atoms with Gasteiger partial charge >= 0.3 is 22.8 Å². The first kappa shape index (κ1) is 52.8. The predicted molar refractivity (Wildman–Crippen MR) is 225 cm³/mol. The second kappa shape index (κ2) is 18.0. The summed E-state index contributed by atoms with van der Waals surface area (Å²) >= 11 is 6.46. The minimum Gasteiger partial charge on any atom is -0.346 e. The Bertz CT molecular complexity index is 3290. The first-order valence-corrected chi connectivity index (χ1v) is 24.9. The number of hydrogen-bond donors (Lipinski definition) is 4. The van der Waals surface area contributed by atoms with Crippen LogP contribution in [-0.2, 0) is 66.7 Å². The van der Waals surface area contributed by atoms with E-state index in [9.17, 15) is 56.8 Å². The van der Waals surface area contributed by atoms with Gasteiger partial charge in [0.05, 0.1) is 33.9 Å². The molecule has 0 bridgehead atoms. The van der Waals surface area contributed by atoms with Crippen molar-refractivity contribution in [2.45, 2.75) is 74.8 Å². The largest absolute Gasteiger partial charge is 0.435 e. The lowest BCUT2D eigenvalue weighted by molar-refractivity contribution is -0.142. The highest BCUT2D eigenvalue weighted by molar-refractivity contribution is 7.92. The maximum Gasteiger partial charge on any atom is 0.435 e. The Labute approximate surface area is 390 Å². The summed E-state index contributed by atoms with van der Waals surface area (Å²) in [7, 11) is -12.7. The van der Waals surface area contributed by atoms with Crippen LogP contribution in [0.5, 0.6) is 0 Å². The SMILES string of the molecule is CC(C)(C#Cc1ccc(-c2ccc(Cl)c3c(NS(C)(=O)=O)nn(CC(F)(F)F)c23)c([C@H](Cc2cc(F)cc(F)c2)NC(=O)Cn2nc(C(F)(F)F)c3c2C(F)(F)[C@@H]2C[C@H]32)n1)S(C)(=O)=O.O=S(=O)(O)O. The van der Waals surface area contributed by atoms with Gasteiger partial charge in [-0.1, -0.05) is 23.6 Å². The lowest BCUT2D eigenvalue weighted by atomic mass is 9.93. The molecule has 0 unspecified atom stereocenters. The molecule has 69 heavy (non-hydrogen) atoms. The standard InChI is InChI=1S/C39H32ClF10N7O5S2.H2O4S/c1-36(2,63(3,59)60)10-9-21-5-6-22(23-7-8-26(40)30-32(23)57(17-37(43,44)45)54-35(30)55-64(4,61)62)31(51-21)27(13-18-11-19(41)14-20(42)12-18)52-28(58)16-56-34-29(33(53-56)39(48,49)50)24-15-25(24)38(34,46)47;1-5(2,3)4/h5-8,11-12,14,24-25,27H,13,15-17H2,1-4H3,(H,52,58)(H,54,55);(H2,1,2,3,4)/t24-,25+,27-;/m0./s1. The number of sulfonamides is 1. The molecule has 2 aliphatic rings. The predicted octanol–water partition coefficient (Wildman–Crippen LogP) is 7.01. The second-order valence-electron chi connectivity index (χ2n) is 16.4. The van der Waals surface area contributed by atoms with Gasteiger partial charge in [-0.2, -0.15) is 53.7 Å². The summed E-state index contributed by atoms with van der Waals surface area (Å²) in [5.41, 5.74) is -5.17. The number of aromatic nitrogens is 5. The van der Waals surface area contributed by atoms with Crippen molar-refractivity contribution in [1.29, 1.82) is 0 Å². The van der Waals surface area contributed by atoms with Gasteiger partial charge in [0.15, 0.2) is 21.3 Å². The Kier molecular flexibility index (Phi) is 13.8. The third-order valence-corrected chi connectivity index (χ3v) is 13.4. The normalized spacial score (nSPS) is 17.2. The number of benzene rings is 2. The van der Waals surface area contributed by atoms with Crippen LogP contribution in [0.15, 0.2) is 42.5 Å². The lowest BCUT2D eigenvalue weighted by Gasteiger charge is -2.23. The molecule has 16 nitrogen and oxygen atoms in total. The zero-order valence-corrected chi connectivity index (χ0v) is 38.7. The number of anilines is 1. The quantitative estimate of drug-likeness (QED) is 0.0595. The zero-order valence-electron chi connectivity index (χ0n) is 35.5.